The van der Waals surface area contributed by atoms with E-state index in [4.69, 9.17) is 0 Å². The zero-order valence-corrected chi connectivity index (χ0v) is 14.9. The van der Waals surface area contributed by atoms with E-state index in [1.165, 1.54) is 0 Å². The van der Waals surface area contributed by atoms with Crippen molar-refractivity contribution in [1.82, 2.24) is 19.7 Å². The summed E-state index contributed by atoms with van der Waals surface area (Å²) in [7, 11) is 3.54. The van der Waals surface area contributed by atoms with Gasteiger partial charge >= 0.3 is 0 Å². The van der Waals surface area contributed by atoms with E-state index in [1.54, 1.807) is 29.5 Å². The molecule has 3 rings (SSSR count). The Hall–Kier alpha value is -2.89. The maximum atomic E-state index is 12.5. The fourth-order valence-corrected chi connectivity index (χ4v) is 2.99. The van der Waals surface area contributed by atoms with Gasteiger partial charge in [0.05, 0.1) is 16.8 Å². The van der Waals surface area contributed by atoms with E-state index in [2.05, 4.69) is 10.4 Å². The lowest BCUT2D eigenvalue weighted by Gasteiger charge is -2.10. The highest BCUT2D eigenvalue weighted by atomic mass is 16.2. The molecule has 2 aromatic heterocycles. The Morgan fingerprint density at radius 2 is 1.96 bits per heavy atom. The summed E-state index contributed by atoms with van der Waals surface area (Å²) in [4.78, 5) is 25.0. The number of pyridine rings is 1. The minimum absolute atomic E-state index is 0.103. The Morgan fingerprint density at radius 1 is 1.24 bits per heavy atom. The summed E-state index contributed by atoms with van der Waals surface area (Å²) in [5.41, 5.74) is 2.64. The van der Waals surface area contributed by atoms with E-state index in [0.29, 0.717) is 11.1 Å². The molecule has 0 aliphatic carbocycles. The third-order valence-electron chi connectivity index (χ3n) is 4.30. The highest BCUT2D eigenvalue weighted by Crippen LogP contribution is 2.17. The summed E-state index contributed by atoms with van der Waals surface area (Å²) in [5, 5.41) is 8.17. The lowest BCUT2D eigenvalue weighted by atomic mass is 10.1. The molecule has 0 spiro atoms. The molecule has 25 heavy (non-hydrogen) atoms. The number of aryl methyl sites for hydroxylation is 2. The Kier molecular flexibility index (Phi) is 4.44. The van der Waals surface area contributed by atoms with Gasteiger partial charge in [-0.2, -0.15) is 5.10 Å². The van der Waals surface area contributed by atoms with Crippen LogP contribution in [-0.2, 0) is 20.6 Å². The zero-order chi connectivity index (χ0) is 18.1. The maximum absolute atomic E-state index is 12.5. The predicted molar refractivity (Wildman–Crippen MR) is 97.7 cm³/mol. The summed E-state index contributed by atoms with van der Waals surface area (Å²) in [6.45, 7) is 4.18. The van der Waals surface area contributed by atoms with Crippen molar-refractivity contribution in [2.45, 2.75) is 26.3 Å². The number of carbonyl (C=O) groups is 1. The van der Waals surface area contributed by atoms with Gasteiger partial charge in [-0.25, -0.2) is 0 Å². The van der Waals surface area contributed by atoms with Gasteiger partial charge in [-0.1, -0.05) is 32.0 Å². The SMILES string of the molecule is CC(C)c1nn(C)cc1C(=O)NCc1cc2ccccc2n(C)c1=O. The van der Waals surface area contributed by atoms with Crippen molar-refractivity contribution in [3.63, 3.8) is 0 Å². The number of fused-ring (bicyclic) bond motifs is 1. The molecule has 1 amide bonds. The molecule has 1 aromatic carbocycles. The van der Waals surface area contributed by atoms with E-state index >= 15 is 0 Å². The molecule has 0 bridgehead atoms. The summed E-state index contributed by atoms with van der Waals surface area (Å²) in [6, 6.07) is 9.53. The average molecular weight is 338 g/mol. The Bertz CT molecular complexity index is 998. The van der Waals surface area contributed by atoms with Gasteiger partial charge in [0.1, 0.15) is 0 Å². The summed E-state index contributed by atoms with van der Waals surface area (Å²) in [5.74, 6) is -0.0671. The lowest BCUT2D eigenvalue weighted by molar-refractivity contribution is 0.0949. The van der Waals surface area contributed by atoms with Gasteiger partial charge in [-0.15, -0.1) is 0 Å². The number of nitrogens with one attached hydrogen (secondary N) is 1. The molecule has 0 radical (unpaired) electrons. The van der Waals surface area contributed by atoms with Crippen molar-refractivity contribution in [3.8, 4) is 0 Å². The second-order valence-electron chi connectivity index (χ2n) is 6.53. The van der Waals surface area contributed by atoms with Crippen molar-refractivity contribution in [2.24, 2.45) is 14.1 Å². The zero-order valence-electron chi connectivity index (χ0n) is 14.9. The van der Waals surface area contributed by atoms with E-state index in [1.807, 2.05) is 44.2 Å². The normalized spacial score (nSPS) is 11.2. The third-order valence-corrected chi connectivity index (χ3v) is 4.30. The first-order chi connectivity index (χ1) is 11.9. The monoisotopic (exact) mass is 338 g/mol. The van der Waals surface area contributed by atoms with Crippen molar-refractivity contribution in [2.75, 3.05) is 0 Å². The molecular formula is C19H22N4O2. The number of rotatable bonds is 4. The number of para-hydroxylation sites is 1. The van der Waals surface area contributed by atoms with Crippen LogP contribution < -0.4 is 10.9 Å². The first-order valence-corrected chi connectivity index (χ1v) is 8.28. The number of aromatic nitrogens is 3. The van der Waals surface area contributed by atoms with Crippen LogP contribution in [0.5, 0.6) is 0 Å². The Balaban J connectivity index is 1.87. The Morgan fingerprint density at radius 3 is 2.68 bits per heavy atom. The van der Waals surface area contributed by atoms with Crippen LogP contribution >= 0.6 is 0 Å². The fraction of sp³-hybridized carbons (Fsp3) is 0.316. The second-order valence-corrected chi connectivity index (χ2v) is 6.53. The first kappa shape index (κ1) is 17.0. The molecule has 0 saturated carbocycles. The van der Waals surface area contributed by atoms with Crippen LogP contribution in [0.1, 0.15) is 41.4 Å². The van der Waals surface area contributed by atoms with E-state index < -0.39 is 0 Å². The molecule has 0 atom stereocenters. The molecule has 2 heterocycles. The average Bonchev–Trinajstić information content (AvgIpc) is 2.99. The van der Waals surface area contributed by atoms with Gasteiger partial charge in [0.2, 0.25) is 0 Å². The minimum Gasteiger partial charge on any atom is -0.348 e. The van der Waals surface area contributed by atoms with E-state index in [9.17, 15) is 9.59 Å². The molecule has 6 nitrogen and oxygen atoms in total. The largest absolute Gasteiger partial charge is 0.348 e. The molecule has 0 unspecified atom stereocenters. The smallest absolute Gasteiger partial charge is 0.255 e. The van der Waals surface area contributed by atoms with Crippen LogP contribution in [0.3, 0.4) is 0 Å². The predicted octanol–water partition coefficient (Wildman–Crippen LogP) is 2.33. The lowest BCUT2D eigenvalue weighted by Crippen LogP contribution is -2.29. The fourth-order valence-electron chi connectivity index (χ4n) is 2.99. The van der Waals surface area contributed by atoms with Crippen LogP contribution in [0.4, 0.5) is 0 Å². The number of amides is 1. The number of nitrogens with zero attached hydrogens (tertiary/aromatic N) is 3. The second kappa shape index (κ2) is 6.55. The summed E-state index contributed by atoms with van der Waals surface area (Å²) >= 11 is 0. The number of hydrogen-bond acceptors (Lipinski definition) is 3. The van der Waals surface area contributed by atoms with Crippen LogP contribution in [0.25, 0.3) is 10.9 Å². The Labute approximate surface area is 146 Å². The highest BCUT2D eigenvalue weighted by molar-refractivity contribution is 5.95. The first-order valence-electron chi connectivity index (χ1n) is 8.28. The molecule has 6 heteroatoms. The van der Waals surface area contributed by atoms with Crippen LogP contribution in [0.2, 0.25) is 0 Å². The number of carbonyl (C=O) groups excluding carboxylic acids is 1. The standard InChI is InChI=1S/C19H22N4O2/c1-12(2)17-15(11-22(3)21-17)18(24)20-10-14-9-13-7-5-6-8-16(13)23(4)19(14)25/h5-9,11-12H,10H2,1-4H3,(H,20,24). The van der Waals surface area contributed by atoms with Crippen LogP contribution in [0.15, 0.2) is 41.3 Å². The van der Waals surface area contributed by atoms with Crippen molar-refractivity contribution in [1.29, 1.82) is 0 Å². The van der Waals surface area contributed by atoms with E-state index in [-0.39, 0.29) is 23.9 Å². The molecule has 3 aromatic rings. The molecule has 0 aliphatic heterocycles. The van der Waals surface area contributed by atoms with Crippen molar-refractivity contribution in [3.05, 3.63) is 63.7 Å². The highest BCUT2D eigenvalue weighted by Gasteiger charge is 2.18. The summed E-state index contributed by atoms with van der Waals surface area (Å²) in [6.07, 6.45) is 1.71. The van der Waals surface area contributed by atoms with Crippen molar-refractivity contribution < 1.29 is 4.79 Å². The number of hydrogen-bond donors (Lipinski definition) is 1. The van der Waals surface area contributed by atoms with Gasteiger partial charge in [-0.05, 0) is 23.4 Å². The van der Waals surface area contributed by atoms with Gasteiger partial charge < -0.3 is 9.88 Å². The van der Waals surface area contributed by atoms with Gasteiger partial charge in [0.15, 0.2) is 0 Å². The molecule has 0 saturated heterocycles. The van der Waals surface area contributed by atoms with E-state index in [0.717, 1.165) is 16.6 Å². The van der Waals surface area contributed by atoms with Crippen LogP contribution in [-0.4, -0.2) is 20.3 Å². The van der Waals surface area contributed by atoms with Crippen molar-refractivity contribution >= 4 is 16.8 Å². The topological polar surface area (TPSA) is 68.9 Å². The molecular weight excluding hydrogens is 316 g/mol. The van der Waals surface area contributed by atoms with Crippen LogP contribution in [0, 0.1) is 0 Å². The van der Waals surface area contributed by atoms with Gasteiger partial charge in [-0.3, -0.25) is 14.3 Å². The molecule has 1 N–H and O–H groups in total. The maximum Gasteiger partial charge on any atom is 0.255 e. The molecule has 0 aliphatic rings. The third kappa shape index (κ3) is 3.20. The van der Waals surface area contributed by atoms with Gasteiger partial charge in [0, 0.05) is 32.4 Å². The quantitative estimate of drug-likeness (QED) is 0.794. The summed E-state index contributed by atoms with van der Waals surface area (Å²) < 4.78 is 3.25. The molecule has 130 valence electrons. The number of benzene rings is 1. The molecule has 0 fully saturated rings. The van der Waals surface area contributed by atoms with Gasteiger partial charge in [0.25, 0.3) is 11.5 Å². The minimum atomic E-state index is -0.216.